The molecule has 0 N–H and O–H groups in total. The number of aromatic nitrogens is 1. The van der Waals surface area contributed by atoms with E-state index in [9.17, 15) is 4.79 Å². The molecule has 1 saturated heterocycles. The minimum atomic E-state index is 0.303. The van der Waals surface area contributed by atoms with Gasteiger partial charge in [-0.2, -0.15) is 0 Å². The van der Waals surface area contributed by atoms with Crippen LogP contribution in [0.4, 0.5) is 5.13 Å². The lowest BCUT2D eigenvalue weighted by Crippen LogP contribution is -2.37. The van der Waals surface area contributed by atoms with Crippen molar-refractivity contribution in [1.29, 1.82) is 0 Å². The molecule has 0 amide bonds. The van der Waals surface area contributed by atoms with Gasteiger partial charge in [0.2, 0.25) is 0 Å². The highest BCUT2D eigenvalue weighted by Crippen LogP contribution is 2.33. The maximum atomic E-state index is 11.9. The number of hydrogen-bond donors (Lipinski definition) is 0. The number of nitrogens with zero attached hydrogens (tertiary/aromatic N) is 3. The molecule has 0 atom stereocenters. The Morgan fingerprint density at radius 3 is 2.70 bits per heavy atom. The monoisotopic (exact) mass is 293 g/mol. The summed E-state index contributed by atoms with van der Waals surface area (Å²) >= 11 is 1.62. The number of carbonyl (C=O) groups is 1. The number of rotatable bonds is 3. The van der Waals surface area contributed by atoms with Gasteiger partial charge in [-0.15, -0.1) is 0 Å². The molecule has 0 aromatic carbocycles. The molecule has 1 aliphatic heterocycles. The van der Waals surface area contributed by atoms with Crippen molar-refractivity contribution in [2.75, 3.05) is 38.6 Å². The largest absolute Gasteiger partial charge is 0.348 e. The van der Waals surface area contributed by atoms with Crippen molar-refractivity contribution in [3.05, 3.63) is 10.6 Å². The van der Waals surface area contributed by atoms with Crippen molar-refractivity contribution in [2.24, 2.45) is 5.92 Å². The van der Waals surface area contributed by atoms with E-state index >= 15 is 0 Å². The Balaban J connectivity index is 1.65. The zero-order valence-electron chi connectivity index (χ0n) is 12.4. The first-order valence-corrected chi connectivity index (χ1v) is 8.37. The quantitative estimate of drug-likeness (QED) is 0.857. The summed E-state index contributed by atoms with van der Waals surface area (Å²) in [5.41, 5.74) is 1.05. The molecular formula is C15H23N3OS. The topological polar surface area (TPSA) is 36.4 Å². The third kappa shape index (κ3) is 2.88. The van der Waals surface area contributed by atoms with Crippen molar-refractivity contribution in [2.45, 2.75) is 32.1 Å². The van der Waals surface area contributed by atoms with Crippen LogP contribution in [0.25, 0.3) is 0 Å². The Morgan fingerprint density at radius 1 is 1.30 bits per heavy atom. The molecule has 20 heavy (non-hydrogen) atoms. The zero-order valence-corrected chi connectivity index (χ0v) is 13.2. The normalized spacial score (nSPS) is 20.6. The summed E-state index contributed by atoms with van der Waals surface area (Å²) in [5.74, 6) is 1.11. The molecule has 5 heteroatoms. The highest BCUT2D eigenvalue weighted by molar-refractivity contribution is 7.17. The summed E-state index contributed by atoms with van der Waals surface area (Å²) in [6.07, 6.45) is 5.13. The molecule has 0 bridgehead atoms. The number of fused-ring (bicyclic) bond motifs is 1. The van der Waals surface area contributed by atoms with Crippen LogP contribution in [0.3, 0.4) is 0 Å². The van der Waals surface area contributed by atoms with Gasteiger partial charge in [0.1, 0.15) is 0 Å². The average molecular weight is 293 g/mol. The minimum Gasteiger partial charge on any atom is -0.348 e. The van der Waals surface area contributed by atoms with Gasteiger partial charge in [0.15, 0.2) is 10.9 Å². The fourth-order valence-corrected chi connectivity index (χ4v) is 4.35. The van der Waals surface area contributed by atoms with Crippen LogP contribution in [0, 0.1) is 5.92 Å². The van der Waals surface area contributed by atoms with Crippen LogP contribution in [0.1, 0.15) is 41.0 Å². The summed E-state index contributed by atoms with van der Waals surface area (Å²) in [6.45, 7) is 3.35. The number of carbonyl (C=O) groups excluding carboxylic acids is 1. The summed E-state index contributed by atoms with van der Waals surface area (Å²) in [6, 6.07) is 0. The summed E-state index contributed by atoms with van der Waals surface area (Å²) in [7, 11) is 4.29. The summed E-state index contributed by atoms with van der Waals surface area (Å²) in [5, 5.41) is 1.08. The number of hydrogen-bond acceptors (Lipinski definition) is 5. The second-order valence-corrected chi connectivity index (χ2v) is 7.22. The molecule has 0 spiro atoms. The Bertz CT molecular complexity index is 489. The minimum absolute atomic E-state index is 0.303. The molecule has 0 saturated carbocycles. The number of anilines is 1. The fourth-order valence-electron chi connectivity index (χ4n) is 3.21. The number of thiazole rings is 1. The van der Waals surface area contributed by atoms with E-state index in [1.165, 1.54) is 19.4 Å². The molecule has 3 rings (SSSR count). The fraction of sp³-hybridized carbons (Fsp3) is 0.733. The third-order valence-electron chi connectivity index (χ3n) is 4.27. The maximum absolute atomic E-state index is 11.9. The van der Waals surface area contributed by atoms with Crippen LogP contribution in [-0.2, 0) is 6.42 Å². The molecule has 1 aliphatic carbocycles. The van der Waals surface area contributed by atoms with Gasteiger partial charge in [-0.3, -0.25) is 4.79 Å². The Morgan fingerprint density at radius 2 is 2.05 bits per heavy atom. The Hall–Kier alpha value is -0.940. The van der Waals surface area contributed by atoms with Crippen LogP contribution in [-0.4, -0.2) is 49.4 Å². The van der Waals surface area contributed by atoms with E-state index in [-0.39, 0.29) is 0 Å². The number of aryl methyl sites for hydroxylation is 1. The number of piperidine rings is 1. The first-order valence-electron chi connectivity index (χ1n) is 7.56. The van der Waals surface area contributed by atoms with Crippen molar-refractivity contribution in [3.8, 4) is 0 Å². The van der Waals surface area contributed by atoms with Gasteiger partial charge in [0.25, 0.3) is 0 Å². The van der Waals surface area contributed by atoms with E-state index in [0.717, 1.165) is 47.6 Å². The SMILES string of the molecule is CN(C)CC1CCN(c2nc3c(s2)C(=O)CCC3)CC1. The van der Waals surface area contributed by atoms with Crippen molar-refractivity contribution in [3.63, 3.8) is 0 Å². The van der Waals surface area contributed by atoms with E-state index in [2.05, 4.69) is 23.9 Å². The van der Waals surface area contributed by atoms with Crippen LogP contribution >= 0.6 is 11.3 Å². The van der Waals surface area contributed by atoms with E-state index < -0.39 is 0 Å². The van der Waals surface area contributed by atoms with Gasteiger partial charge < -0.3 is 9.80 Å². The van der Waals surface area contributed by atoms with E-state index in [1.807, 2.05) is 0 Å². The molecule has 2 heterocycles. The Kier molecular flexibility index (Phi) is 4.08. The van der Waals surface area contributed by atoms with Crippen LogP contribution in [0.2, 0.25) is 0 Å². The van der Waals surface area contributed by atoms with Gasteiger partial charge in [-0.05, 0) is 45.7 Å². The molecule has 110 valence electrons. The highest BCUT2D eigenvalue weighted by atomic mass is 32.1. The summed E-state index contributed by atoms with van der Waals surface area (Å²) < 4.78 is 0. The molecule has 4 nitrogen and oxygen atoms in total. The van der Waals surface area contributed by atoms with Crippen molar-refractivity contribution in [1.82, 2.24) is 9.88 Å². The molecule has 1 aromatic heterocycles. The lowest BCUT2D eigenvalue weighted by molar-refractivity contribution is 0.0976. The molecule has 1 aromatic rings. The van der Waals surface area contributed by atoms with E-state index in [0.29, 0.717) is 12.2 Å². The van der Waals surface area contributed by atoms with Gasteiger partial charge in [-0.1, -0.05) is 11.3 Å². The van der Waals surface area contributed by atoms with Gasteiger partial charge in [0.05, 0.1) is 10.6 Å². The average Bonchev–Trinajstić information content (AvgIpc) is 2.84. The predicted molar refractivity (Wildman–Crippen MR) is 82.9 cm³/mol. The maximum Gasteiger partial charge on any atom is 0.186 e. The second kappa shape index (κ2) is 5.82. The van der Waals surface area contributed by atoms with Gasteiger partial charge in [-0.25, -0.2) is 4.98 Å². The number of Topliss-reactive ketones (excluding diaryl/α,β-unsaturated/α-hetero) is 1. The second-order valence-electron chi connectivity index (χ2n) is 6.24. The van der Waals surface area contributed by atoms with Crippen LogP contribution in [0.5, 0.6) is 0 Å². The van der Waals surface area contributed by atoms with Crippen molar-refractivity contribution < 1.29 is 4.79 Å². The van der Waals surface area contributed by atoms with Gasteiger partial charge >= 0.3 is 0 Å². The molecule has 0 unspecified atom stereocenters. The first-order chi connectivity index (χ1) is 9.63. The molecule has 2 aliphatic rings. The van der Waals surface area contributed by atoms with E-state index in [4.69, 9.17) is 4.98 Å². The molecule has 0 radical (unpaired) electrons. The molecule has 1 fully saturated rings. The summed E-state index contributed by atoms with van der Waals surface area (Å²) in [4.78, 5) is 22.2. The standard InChI is InChI=1S/C15H23N3OS/c1-17(2)10-11-6-8-18(9-7-11)15-16-12-4-3-5-13(19)14(12)20-15/h11H,3-10H2,1-2H3. The number of ketones is 1. The van der Waals surface area contributed by atoms with Crippen molar-refractivity contribution >= 4 is 22.3 Å². The van der Waals surface area contributed by atoms with Crippen LogP contribution < -0.4 is 4.90 Å². The third-order valence-corrected chi connectivity index (χ3v) is 5.46. The first kappa shape index (κ1) is 14.0. The van der Waals surface area contributed by atoms with Gasteiger partial charge in [0, 0.05) is 26.1 Å². The zero-order chi connectivity index (χ0) is 14.1. The molecular weight excluding hydrogens is 270 g/mol. The van der Waals surface area contributed by atoms with Crippen LogP contribution in [0.15, 0.2) is 0 Å². The lowest BCUT2D eigenvalue weighted by Gasteiger charge is -2.33. The smallest absolute Gasteiger partial charge is 0.186 e. The highest BCUT2D eigenvalue weighted by Gasteiger charge is 2.26. The Labute approximate surface area is 124 Å². The van der Waals surface area contributed by atoms with E-state index in [1.54, 1.807) is 11.3 Å². The predicted octanol–water partition coefficient (Wildman–Crippen LogP) is 2.44. The lowest BCUT2D eigenvalue weighted by atomic mass is 9.97.